The zero-order valence-electron chi connectivity index (χ0n) is 13.7. The molecule has 3 rings (SSSR count). The average molecular weight is 343 g/mol. The summed E-state index contributed by atoms with van der Waals surface area (Å²) >= 11 is 1.29. The van der Waals surface area contributed by atoms with Crippen molar-refractivity contribution in [3.8, 4) is 0 Å². The molecule has 5 nitrogen and oxygen atoms in total. The van der Waals surface area contributed by atoms with Crippen LogP contribution in [0.5, 0.6) is 0 Å². The Labute approximate surface area is 146 Å². The van der Waals surface area contributed by atoms with Crippen molar-refractivity contribution in [2.75, 3.05) is 36.8 Å². The molecule has 6 heteroatoms. The summed E-state index contributed by atoms with van der Waals surface area (Å²) in [6.45, 7) is 5.21. The Kier molecular flexibility index (Phi) is 5.25. The Morgan fingerprint density at radius 2 is 1.96 bits per heavy atom. The number of piperazine rings is 1. The monoisotopic (exact) mass is 343 g/mol. The largest absolute Gasteiger partial charge is 0.618 e. The van der Waals surface area contributed by atoms with Crippen molar-refractivity contribution in [2.45, 2.75) is 11.9 Å². The molecule has 0 bridgehead atoms. The average Bonchev–Trinajstić information content (AvgIpc) is 2.61. The van der Waals surface area contributed by atoms with E-state index < -0.39 is 0 Å². The van der Waals surface area contributed by atoms with E-state index in [-0.39, 0.29) is 5.91 Å². The molecule has 2 heterocycles. The number of pyridine rings is 1. The lowest BCUT2D eigenvalue weighted by Crippen LogP contribution is -2.49. The standard InChI is InChI=1S/C18H21N3O2S/c1-15-5-4-6-16(13-15)19-9-11-20(12-10-19)17(22)14-24-18-7-2-3-8-21(18)23/h2-8,13H,9-12,14H2,1H3. The smallest absolute Gasteiger partial charge is 0.251 e. The minimum absolute atomic E-state index is 0.0905. The Hall–Kier alpha value is -2.21. The summed E-state index contributed by atoms with van der Waals surface area (Å²) in [6, 6.07) is 13.7. The van der Waals surface area contributed by atoms with Crippen molar-refractivity contribution in [1.82, 2.24) is 4.90 Å². The minimum atomic E-state index is 0.0905. The molecule has 0 aliphatic carbocycles. The van der Waals surface area contributed by atoms with Gasteiger partial charge in [-0.05, 0) is 42.4 Å². The SMILES string of the molecule is Cc1cccc(N2CCN(C(=O)CSc3cccc[n+]3[O-])CC2)c1. The van der Waals surface area contributed by atoms with Crippen molar-refractivity contribution in [3.05, 3.63) is 59.4 Å². The molecular weight excluding hydrogens is 322 g/mol. The second-order valence-corrected chi connectivity index (χ2v) is 6.86. The van der Waals surface area contributed by atoms with Gasteiger partial charge < -0.3 is 15.0 Å². The van der Waals surface area contributed by atoms with Crippen LogP contribution in [-0.4, -0.2) is 42.7 Å². The normalized spacial score (nSPS) is 14.7. The van der Waals surface area contributed by atoms with Crippen LogP contribution < -0.4 is 9.63 Å². The van der Waals surface area contributed by atoms with Gasteiger partial charge in [-0.3, -0.25) is 4.79 Å². The van der Waals surface area contributed by atoms with Gasteiger partial charge in [0.25, 0.3) is 5.03 Å². The summed E-state index contributed by atoms with van der Waals surface area (Å²) in [4.78, 5) is 16.6. The van der Waals surface area contributed by atoms with E-state index in [0.717, 1.165) is 30.9 Å². The lowest BCUT2D eigenvalue weighted by Gasteiger charge is -2.36. The number of benzene rings is 1. The molecule has 0 unspecified atom stereocenters. The number of anilines is 1. The van der Waals surface area contributed by atoms with Gasteiger partial charge >= 0.3 is 0 Å². The number of aryl methyl sites for hydroxylation is 1. The molecule has 1 aliphatic rings. The Balaban J connectivity index is 1.51. The fraction of sp³-hybridized carbons (Fsp3) is 0.333. The molecule has 1 aliphatic heterocycles. The summed E-state index contributed by atoms with van der Waals surface area (Å²) in [5, 5.41) is 12.2. The highest BCUT2D eigenvalue weighted by Crippen LogP contribution is 2.19. The first kappa shape index (κ1) is 16.6. The predicted octanol–water partition coefficient (Wildman–Crippen LogP) is 2.07. The van der Waals surface area contributed by atoms with Crippen LogP contribution in [-0.2, 0) is 4.79 Å². The van der Waals surface area contributed by atoms with E-state index in [1.165, 1.54) is 29.2 Å². The van der Waals surface area contributed by atoms with Gasteiger partial charge in [0.2, 0.25) is 5.91 Å². The van der Waals surface area contributed by atoms with Crippen LogP contribution in [0.15, 0.2) is 53.7 Å². The first-order valence-electron chi connectivity index (χ1n) is 8.04. The molecule has 0 saturated carbocycles. The van der Waals surface area contributed by atoms with Crippen molar-refractivity contribution < 1.29 is 9.52 Å². The lowest BCUT2D eigenvalue weighted by atomic mass is 10.2. The Bertz CT molecular complexity index is 715. The second kappa shape index (κ2) is 7.57. The maximum Gasteiger partial charge on any atom is 0.251 e. The van der Waals surface area contributed by atoms with Crippen molar-refractivity contribution in [1.29, 1.82) is 0 Å². The third kappa shape index (κ3) is 4.00. The summed E-state index contributed by atoms with van der Waals surface area (Å²) in [5.41, 5.74) is 2.46. The summed E-state index contributed by atoms with van der Waals surface area (Å²) in [5.74, 6) is 0.393. The maximum absolute atomic E-state index is 12.4. The van der Waals surface area contributed by atoms with E-state index >= 15 is 0 Å². The zero-order valence-corrected chi connectivity index (χ0v) is 14.5. The third-order valence-electron chi connectivity index (χ3n) is 4.13. The first-order chi connectivity index (χ1) is 11.6. The molecule has 0 atom stereocenters. The van der Waals surface area contributed by atoms with Crippen LogP contribution in [0, 0.1) is 12.1 Å². The predicted molar refractivity (Wildman–Crippen MR) is 96.1 cm³/mol. The molecule has 126 valence electrons. The van der Waals surface area contributed by atoms with E-state index in [0.29, 0.717) is 10.8 Å². The van der Waals surface area contributed by atoms with Crippen LogP contribution in [0.25, 0.3) is 0 Å². The Morgan fingerprint density at radius 3 is 2.67 bits per heavy atom. The topological polar surface area (TPSA) is 50.5 Å². The van der Waals surface area contributed by atoms with Crippen LogP contribution in [0.2, 0.25) is 0 Å². The fourth-order valence-electron chi connectivity index (χ4n) is 2.79. The fourth-order valence-corrected chi connectivity index (χ4v) is 3.61. The highest BCUT2D eigenvalue weighted by Gasteiger charge is 2.22. The molecule has 1 amide bonds. The molecule has 1 aromatic heterocycles. The Morgan fingerprint density at radius 1 is 1.17 bits per heavy atom. The molecular formula is C18H21N3O2S. The van der Waals surface area contributed by atoms with Crippen molar-refractivity contribution in [2.24, 2.45) is 0 Å². The van der Waals surface area contributed by atoms with Gasteiger partial charge in [0.05, 0.1) is 5.75 Å². The molecule has 1 fully saturated rings. The number of amides is 1. The van der Waals surface area contributed by atoms with Gasteiger partial charge in [0.1, 0.15) is 0 Å². The zero-order chi connectivity index (χ0) is 16.9. The highest BCUT2D eigenvalue weighted by atomic mass is 32.2. The second-order valence-electron chi connectivity index (χ2n) is 5.86. The molecule has 0 spiro atoms. The minimum Gasteiger partial charge on any atom is -0.618 e. The van der Waals surface area contributed by atoms with Crippen LogP contribution >= 0.6 is 11.8 Å². The molecule has 1 saturated heterocycles. The summed E-state index contributed by atoms with van der Waals surface area (Å²) in [7, 11) is 0. The van der Waals surface area contributed by atoms with Gasteiger partial charge in [0, 0.05) is 44.0 Å². The number of carbonyl (C=O) groups is 1. The van der Waals surface area contributed by atoms with Crippen molar-refractivity contribution in [3.63, 3.8) is 0 Å². The summed E-state index contributed by atoms with van der Waals surface area (Å²) < 4.78 is 0.799. The summed E-state index contributed by atoms with van der Waals surface area (Å²) in [6.07, 6.45) is 1.45. The van der Waals surface area contributed by atoms with E-state index in [2.05, 4.69) is 36.1 Å². The number of hydrogen-bond acceptors (Lipinski definition) is 4. The number of thioether (sulfide) groups is 1. The maximum atomic E-state index is 12.4. The van der Waals surface area contributed by atoms with Crippen molar-refractivity contribution >= 4 is 23.4 Å². The molecule has 2 aromatic rings. The number of rotatable bonds is 4. The quantitative estimate of drug-likeness (QED) is 0.484. The van der Waals surface area contributed by atoms with Gasteiger partial charge in [-0.2, -0.15) is 4.73 Å². The number of nitrogens with zero attached hydrogens (tertiary/aromatic N) is 3. The van der Waals surface area contributed by atoms with Gasteiger partial charge in [0.15, 0.2) is 6.20 Å². The van der Waals surface area contributed by atoms with E-state index in [1.54, 1.807) is 12.1 Å². The van der Waals surface area contributed by atoms with Crippen LogP contribution in [0.3, 0.4) is 0 Å². The molecule has 0 N–H and O–H groups in total. The first-order valence-corrected chi connectivity index (χ1v) is 9.02. The van der Waals surface area contributed by atoms with Gasteiger partial charge in [-0.1, -0.05) is 12.1 Å². The lowest BCUT2D eigenvalue weighted by molar-refractivity contribution is -0.645. The highest BCUT2D eigenvalue weighted by molar-refractivity contribution is 7.99. The van der Waals surface area contributed by atoms with Gasteiger partial charge in [-0.25, -0.2) is 0 Å². The number of aromatic nitrogens is 1. The van der Waals surface area contributed by atoms with Crippen LogP contribution in [0.4, 0.5) is 5.69 Å². The van der Waals surface area contributed by atoms with Gasteiger partial charge in [-0.15, -0.1) is 0 Å². The van der Waals surface area contributed by atoms with Crippen LogP contribution in [0.1, 0.15) is 5.56 Å². The molecule has 0 radical (unpaired) electrons. The number of hydrogen-bond donors (Lipinski definition) is 0. The molecule has 24 heavy (non-hydrogen) atoms. The van der Waals surface area contributed by atoms with E-state index in [4.69, 9.17) is 0 Å². The van der Waals surface area contributed by atoms with E-state index in [9.17, 15) is 10.0 Å². The van der Waals surface area contributed by atoms with E-state index in [1.807, 2.05) is 11.0 Å². The third-order valence-corrected chi connectivity index (χ3v) is 5.13. The number of carbonyl (C=O) groups excluding carboxylic acids is 1. The molecule has 1 aromatic carbocycles.